The number of aliphatic hydroxyl groups is 1. The first kappa shape index (κ1) is 31.4. The molecule has 5 rings (SSSR count). The highest BCUT2D eigenvalue weighted by Crippen LogP contribution is 2.29. The number of nitrogen functional groups attached to an aromatic ring is 1. The van der Waals surface area contributed by atoms with Crippen molar-refractivity contribution >= 4 is 34.7 Å². The van der Waals surface area contributed by atoms with Crippen molar-refractivity contribution in [3.8, 4) is 11.3 Å². The molecule has 0 saturated carbocycles. The number of carbonyl (C=O) groups is 2. The van der Waals surface area contributed by atoms with Crippen LogP contribution in [0.2, 0.25) is 0 Å². The second-order valence-corrected chi connectivity index (χ2v) is 12.0. The van der Waals surface area contributed by atoms with Crippen LogP contribution < -0.4 is 21.9 Å². The maximum Gasteiger partial charge on any atom is 0.293 e. The average Bonchev–Trinajstić information content (AvgIpc) is 3.00. The van der Waals surface area contributed by atoms with Crippen molar-refractivity contribution in [1.82, 2.24) is 19.4 Å². The van der Waals surface area contributed by atoms with E-state index in [2.05, 4.69) is 20.5 Å². The molecular weight excluding hydrogens is 570 g/mol. The van der Waals surface area contributed by atoms with E-state index in [1.807, 2.05) is 26.1 Å². The lowest BCUT2D eigenvalue weighted by Gasteiger charge is -2.32. The Labute approximate surface area is 262 Å². The second kappa shape index (κ2) is 12.5. The summed E-state index contributed by atoms with van der Waals surface area (Å²) in [5.74, 6) is -0.314. The lowest BCUT2D eigenvalue weighted by Crippen LogP contribution is -2.47. The van der Waals surface area contributed by atoms with Gasteiger partial charge in [0.25, 0.3) is 17.4 Å². The Morgan fingerprint density at radius 3 is 2.31 bits per heavy atom. The minimum Gasteiger partial charge on any atom is -0.398 e. The van der Waals surface area contributed by atoms with Crippen LogP contribution in [0.3, 0.4) is 0 Å². The molecule has 2 amide bonds. The van der Waals surface area contributed by atoms with Gasteiger partial charge in [0.05, 0.1) is 16.9 Å². The number of nitrogens with zero attached hydrogens (tertiary/aromatic N) is 4. The first-order valence-electron chi connectivity index (χ1n) is 14.8. The molecule has 1 aliphatic heterocycles. The van der Waals surface area contributed by atoms with Gasteiger partial charge < -0.3 is 35.8 Å². The Kier molecular flexibility index (Phi) is 8.76. The molecule has 5 N–H and O–H groups in total. The molecule has 4 aromatic rings. The van der Waals surface area contributed by atoms with Crippen LogP contribution >= 0.6 is 0 Å². The number of hydrogen-bond acceptors (Lipinski definition) is 8. The lowest BCUT2D eigenvalue weighted by atomic mass is 9.97. The molecular formula is C34H39N7O4. The number of hydrogen-bond donors (Lipinski definition) is 4. The molecule has 11 nitrogen and oxygen atoms in total. The fourth-order valence-corrected chi connectivity index (χ4v) is 5.24. The van der Waals surface area contributed by atoms with Crippen molar-refractivity contribution in [3.05, 3.63) is 99.5 Å². The lowest BCUT2D eigenvalue weighted by molar-refractivity contribution is 0.0664. The predicted molar refractivity (Wildman–Crippen MR) is 177 cm³/mol. The molecule has 0 spiro atoms. The topological polar surface area (TPSA) is 146 Å². The first-order valence-corrected chi connectivity index (χ1v) is 14.8. The van der Waals surface area contributed by atoms with Gasteiger partial charge in [0.2, 0.25) is 0 Å². The van der Waals surface area contributed by atoms with E-state index in [1.54, 1.807) is 80.5 Å². The third-order valence-corrected chi connectivity index (χ3v) is 8.12. The monoisotopic (exact) mass is 609 g/mol. The van der Waals surface area contributed by atoms with Gasteiger partial charge in [0.15, 0.2) is 5.82 Å². The minimum absolute atomic E-state index is 0.0910. The molecule has 3 aromatic carbocycles. The average molecular weight is 610 g/mol. The summed E-state index contributed by atoms with van der Waals surface area (Å²) in [6.07, 6.45) is 1.64. The van der Waals surface area contributed by atoms with Crippen LogP contribution in [0.1, 0.15) is 45.7 Å². The Hall–Kier alpha value is -5.00. The smallest absolute Gasteiger partial charge is 0.293 e. The van der Waals surface area contributed by atoms with E-state index in [1.165, 1.54) is 4.57 Å². The minimum atomic E-state index is -1.00. The number of nitrogens with one attached hydrogen (secondary N) is 2. The van der Waals surface area contributed by atoms with Crippen molar-refractivity contribution in [2.75, 3.05) is 49.6 Å². The van der Waals surface area contributed by atoms with Gasteiger partial charge in [-0.05, 0) is 75.3 Å². The molecule has 0 bridgehead atoms. The summed E-state index contributed by atoms with van der Waals surface area (Å²) < 4.78 is 1.44. The van der Waals surface area contributed by atoms with Gasteiger partial charge in [-0.3, -0.25) is 14.4 Å². The van der Waals surface area contributed by atoms with Crippen LogP contribution in [-0.2, 0) is 12.6 Å². The number of piperazine rings is 1. The van der Waals surface area contributed by atoms with Crippen molar-refractivity contribution in [1.29, 1.82) is 0 Å². The number of anilines is 4. The summed E-state index contributed by atoms with van der Waals surface area (Å²) in [7, 11) is 3.67. The number of rotatable bonds is 7. The van der Waals surface area contributed by atoms with E-state index >= 15 is 0 Å². The van der Waals surface area contributed by atoms with Gasteiger partial charge in [-0.25, -0.2) is 4.98 Å². The summed E-state index contributed by atoms with van der Waals surface area (Å²) >= 11 is 0. The third-order valence-electron chi connectivity index (χ3n) is 8.12. The third kappa shape index (κ3) is 6.89. The fraction of sp³-hybridized carbons (Fsp3) is 0.294. The van der Waals surface area contributed by atoms with Crippen LogP contribution in [0.4, 0.5) is 22.9 Å². The highest BCUT2D eigenvalue weighted by molar-refractivity contribution is 6.05. The van der Waals surface area contributed by atoms with Gasteiger partial charge >= 0.3 is 0 Å². The summed E-state index contributed by atoms with van der Waals surface area (Å²) in [5, 5.41) is 16.2. The Bertz CT molecular complexity index is 1800. The van der Waals surface area contributed by atoms with Gasteiger partial charge in [0, 0.05) is 67.6 Å². The van der Waals surface area contributed by atoms with Gasteiger partial charge in [-0.15, -0.1) is 0 Å². The molecule has 1 saturated heterocycles. The molecule has 2 heterocycles. The van der Waals surface area contributed by atoms with E-state index in [0.717, 1.165) is 24.2 Å². The molecule has 11 heteroatoms. The van der Waals surface area contributed by atoms with Crippen molar-refractivity contribution < 1.29 is 14.7 Å². The summed E-state index contributed by atoms with van der Waals surface area (Å²) in [5.41, 5.74) is 10.00. The standard InChI is InChI=1S/C34H39N7O4/c1-21-25(7-6-8-28(21)38-31(42)22-9-11-23(12-10-22)34(2,3)45)29-20-40(5)33(44)30(37-29)36-24-13-14-26(27(35)19-24)32(43)41-17-15-39(4)16-18-41/h6-14,19-20,45H,15-18,35H2,1-5H3,(H,36,37)(H,38,42). The zero-order valence-corrected chi connectivity index (χ0v) is 26.2. The number of benzene rings is 3. The zero-order valence-electron chi connectivity index (χ0n) is 26.2. The van der Waals surface area contributed by atoms with Crippen molar-refractivity contribution in [2.24, 2.45) is 7.05 Å². The fourth-order valence-electron chi connectivity index (χ4n) is 5.24. The number of nitrogens with two attached hydrogens (primary N) is 1. The first-order chi connectivity index (χ1) is 21.3. The highest BCUT2D eigenvalue weighted by atomic mass is 16.3. The quantitative estimate of drug-likeness (QED) is 0.231. The Morgan fingerprint density at radius 1 is 0.978 bits per heavy atom. The number of amides is 2. The second-order valence-electron chi connectivity index (χ2n) is 12.0. The Balaban J connectivity index is 1.37. The SMILES string of the molecule is Cc1c(NC(=O)c2ccc(C(C)(C)O)cc2)cccc1-c1cn(C)c(=O)c(Nc2ccc(C(=O)N3CCN(C)CC3)c(N)c2)n1. The van der Waals surface area contributed by atoms with E-state index in [-0.39, 0.29) is 23.2 Å². The zero-order chi connectivity index (χ0) is 32.5. The van der Waals surface area contributed by atoms with E-state index in [9.17, 15) is 19.5 Å². The maximum absolute atomic E-state index is 13.1. The molecule has 1 aliphatic rings. The van der Waals surface area contributed by atoms with E-state index < -0.39 is 5.60 Å². The molecule has 0 atom stereocenters. The van der Waals surface area contributed by atoms with E-state index in [0.29, 0.717) is 52.5 Å². The largest absolute Gasteiger partial charge is 0.398 e. The predicted octanol–water partition coefficient (Wildman–Crippen LogP) is 3.95. The number of aromatic nitrogens is 2. The molecule has 234 valence electrons. The molecule has 45 heavy (non-hydrogen) atoms. The summed E-state index contributed by atoms with van der Waals surface area (Å²) in [6.45, 7) is 8.15. The molecule has 1 aromatic heterocycles. The van der Waals surface area contributed by atoms with Gasteiger partial charge in [-0.1, -0.05) is 24.3 Å². The highest BCUT2D eigenvalue weighted by Gasteiger charge is 2.23. The van der Waals surface area contributed by atoms with Crippen LogP contribution in [0.25, 0.3) is 11.3 Å². The van der Waals surface area contributed by atoms with Crippen LogP contribution in [0.15, 0.2) is 71.7 Å². The molecule has 0 unspecified atom stereocenters. The number of carbonyl (C=O) groups excluding carboxylic acids is 2. The number of likely N-dealkylation sites (N-methyl/N-ethyl adjacent to an activating group) is 1. The normalized spacial score (nSPS) is 13.9. The summed E-state index contributed by atoms with van der Waals surface area (Å²) in [4.78, 5) is 47.8. The summed E-state index contributed by atoms with van der Waals surface area (Å²) in [6, 6.07) is 17.3. The van der Waals surface area contributed by atoms with Gasteiger partial charge in [0.1, 0.15) is 0 Å². The van der Waals surface area contributed by atoms with Gasteiger partial charge in [-0.2, -0.15) is 0 Å². The molecule has 0 radical (unpaired) electrons. The maximum atomic E-state index is 13.1. The van der Waals surface area contributed by atoms with Crippen LogP contribution in [-0.4, -0.2) is 69.5 Å². The van der Waals surface area contributed by atoms with Crippen molar-refractivity contribution in [3.63, 3.8) is 0 Å². The number of aryl methyl sites for hydroxylation is 1. The van der Waals surface area contributed by atoms with Crippen molar-refractivity contribution in [2.45, 2.75) is 26.4 Å². The Morgan fingerprint density at radius 2 is 1.67 bits per heavy atom. The molecule has 0 aliphatic carbocycles. The van der Waals surface area contributed by atoms with Crippen LogP contribution in [0.5, 0.6) is 0 Å². The molecule has 1 fully saturated rings. The van der Waals surface area contributed by atoms with E-state index in [4.69, 9.17) is 5.73 Å². The van der Waals surface area contributed by atoms with Crippen LogP contribution in [0, 0.1) is 6.92 Å².